The number of thiophene rings is 1. The molecule has 110 valence electrons. The van der Waals surface area contributed by atoms with Crippen molar-refractivity contribution in [3.05, 3.63) is 45.6 Å². The molecule has 21 heavy (non-hydrogen) atoms. The van der Waals surface area contributed by atoms with Crippen LogP contribution in [0.1, 0.15) is 26.5 Å². The minimum atomic E-state index is -0.0570. The second-order valence-electron chi connectivity index (χ2n) is 4.96. The number of ether oxygens (including phenoxy) is 1. The van der Waals surface area contributed by atoms with Crippen molar-refractivity contribution in [2.75, 3.05) is 18.5 Å². The standard InChI is InChI=1S/C16H17NO3S/c18-8-9-20-13-6-4-12(5-7-13)17-16(19)15-10-11-2-1-3-14(11)21-15/h4-7,10,18H,1-3,8-9H2,(H,17,19). The number of aryl methyl sites for hydroxylation is 2. The van der Waals surface area contributed by atoms with Crippen molar-refractivity contribution in [3.63, 3.8) is 0 Å². The van der Waals surface area contributed by atoms with Gasteiger partial charge in [0.2, 0.25) is 0 Å². The number of fused-ring (bicyclic) bond motifs is 1. The van der Waals surface area contributed by atoms with Crippen LogP contribution in [-0.4, -0.2) is 24.2 Å². The van der Waals surface area contributed by atoms with Crippen LogP contribution in [0, 0.1) is 0 Å². The molecule has 0 fully saturated rings. The molecule has 1 aliphatic carbocycles. The monoisotopic (exact) mass is 303 g/mol. The van der Waals surface area contributed by atoms with E-state index in [0.717, 1.165) is 23.4 Å². The number of carbonyl (C=O) groups excluding carboxylic acids is 1. The number of aliphatic hydroxyl groups excluding tert-OH is 1. The van der Waals surface area contributed by atoms with Crippen molar-refractivity contribution in [3.8, 4) is 5.75 Å². The Balaban J connectivity index is 1.63. The molecule has 1 heterocycles. The van der Waals surface area contributed by atoms with Gasteiger partial charge < -0.3 is 15.2 Å². The van der Waals surface area contributed by atoms with E-state index in [9.17, 15) is 4.79 Å². The fourth-order valence-corrected chi connectivity index (χ4v) is 3.58. The van der Waals surface area contributed by atoms with Crippen LogP contribution in [-0.2, 0) is 12.8 Å². The van der Waals surface area contributed by atoms with Gasteiger partial charge in [-0.1, -0.05) is 0 Å². The lowest BCUT2D eigenvalue weighted by Gasteiger charge is -2.06. The lowest BCUT2D eigenvalue weighted by atomic mass is 10.2. The van der Waals surface area contributed by atoms with Crippen molar-refractivity contribution in [1.82, 2.24) is 0 Å². The van der Waals surface area contributed by atoms with Crippen molar-refractivity contribution < 1.29 is 14.6 Å². The zero-order valence-electron chi connectivity index (χ0n) is 11.6. The molecule has 5 heteroatoms. The van der Waals surface area contributed by atoms with E-state index >= 15 is 0 Å². The number of hydrogen-bond acceptors (Lipinski definition) is 4. The molecule has 0 bridgehead atoms. The highest BCUT2D eigenvalue weighted by molar-refractivity contribution is 7.14. The summed E-state index contributed by atoms with van der Waals surface area (Å²) in [7, 11) is 0. The van der Waals surface area contributed by atoms with E-state index in [4.69, 9.17) is 9.84 Å². The number of carbonyl (C=O) groups is 1. The first kappa shape index (κ1) is 14.1. The Bertz CT molecular complexity index is 612. The molecule has 1 aromatic carbocycles. The Kier molecular flexibility index (Phi) is 4.22. The van der Waals surface area contributed by atoms with Gasteiger partial charge in [0, 0.05) is 10.6 Å². The zero-order chi connectivity index (χ0) is 14.7. The first-order valence-corrected chi connectivity index (χ1v) is 7.84. The lowest BCUT2D eigenvalue weighted by molar-refractivity contribution is 0.103. The molecular weight excluding hydrogens is 286 g/mol. The summed E-state index contributed by atoms with van der Waals surface area (Å²) in [6.07, 6.45) is 3.40. The van der Waals surface area contributed by atoms with Gasteiger partial charge in [-0.05, 0) is 55.2 Å². The lowest BCUT2D eigenvalue weighted by Crippen LogP contribution is -2.10. The van der Waals surface area contributed by atoms with Crippen molar-refractivity contribution in [2.24, 2.45) is 0 Å². The van der Waals surface area contributed by atoms with Crippen LogP contribution in [0.15, 0.2) is 30.3 Å². The molecule has 1 amide bonds. The molecule has 1 aliphatic rings. The van der Waals surface area contributed by atoms with Crippen LogP contribution in [0.25, 0.3) is 0 Å². The maximum Gasteiger partial charge on any atom is 0.265 e. The van der Waals surface area contributed by atoms with Crippen molar-refractivity contribution in [2.45, 2.75) is 19.3 Å². The number of amides is 1. The van der Waals surface area contributed by atoms with Crippen LogP contribution < -0.4 is 10.1 Å². The zero-order valence-corrected chi connectivity index (χ0v) is 12.4. The average Bonchev–Trinajstić information content (AvgIpc) is 3.07. The second kappa shape index (κ2) is 6.28. The molecule has 0 atom stereocenters. The topological polar surface area (TPSA) is 58.6 Å². The van der Waals surface area contributed by atoms with Crippen molar-refractivity contribution in [1.29, 1.82) is 0 Å². The minimum absolute atomic E-state index is 0.0124. The molecule has 0 unspecified atom stereocenters. The molecule has 1 aromatic heterocycles. The third kappa shape index (κ3) is 3.25. The van der Waals surface area contributed by atoms with Gasteiger partial charge in [0.1, 0.15) is 12.4 Å². The van der Waals surface area contributed by atoms with Crippen LogP contribution in [0.5, 0.6) is 5.75 Å². The molecule has 3 rings (SSSR count). The van der Waals surface area contributed by atoms with Crippen LogP contribution >= 0.6 is 11.3 Å². The quantitative estimate of drug-likeness (QED) is 0.893. The van der Waals surface area contributed by atoms with Crippen molar-refractivity contribution >= 4 is 22.9 Å². The third-order valence-corrected chi connectivity index (χ3v) is 4.68. The van der Waals surface area contributed by atoms with Gasteiger partial charge in [-0.15, -0.1) is 11.3 Å². The number of anilines is 1. The highest BCUT2D eigenvalue weighted by atomic mass is 32.1. The number of hydrogen-bond donors (Lipinski definition) is 2. The van der Waals surface area contributed by atoms with E-state index < -0.39 is 0 Å². The smallest absolute Gasteiger partial charge is 0.265 e. The molecule has 4 nitrogen and oxygen atoms in total. The highest BCUT2D eigenvalue weighted by Crippen LogP contribution is 2.31. The molecule has 2 N–H and O–H groups in total. The second-order valence-corrected chi connectivity index (χ2v) is 6.10. The van der Waals surface area contributed by atoms with Crippen LogP contribution in [0.3, 0.4) is 0 Å². The van der Waals surface area contributed by atoms with Crippen LogP contribution in [0.2, 0.25) is 0 Å². The van der Waals surface area contributed by atoms with Gasteiger partial charge in [0.05, 0.1) is 11.5 Å². The van der Waals surface area contributed by atoms with Crippen LogP contribution in [0.4, 0.5) is 5.69 Å². The average molecular weight is 303 g/mol. The summed E-state index contributed by atoms with van der Waals surface area (Å²) in [6.45, 7) is 0.258. The molecule has 0 spiro atoms. The SMILES string of the molecule is O=C(Nc1ccc(OCCO)cc1)c1cc2c(s1)CCC2. The maximum atomic E-state index is 12.2. The molecule has 0 saturated heterocycles. The van der Waals surface area contributed by atoms with E-state index in [2.05, 4.69) is 5.32 Å². The molecular formula is C16H17NO3S. The normalized spacial score (nSPS) is 13.0. The Morgan fingerprint density at radius 2 is 2.10 bits per heavy atom. The Morgan fingerprint density at radius 1 is 1.29 bits per heavy atom. The summed E-state index contributed by atoms with van der Waals surface area (Å²) in [5.41, 5.74) is 2.07. The molecule has 0 radical (unpaired) electrons. The molecule has 0 saturated carbocycles. The number of aliphatic hydroxyl groups is 1. The van der Waals surface area contributed by atoms with Gasteiger partial charge in [0.15, 0.2) is 0 Å². The number of rotatable bonds is 5. The predicted molar refractivity (Wildman–Crippen MR) is 83.3 cm³/mol. The van der Waals surface area contributed by atoms with Gasteiger partial charge in [-0.3, -0.25) is 4.79 Å². The summed E-state index contributed by atoms with van der Waals surface area (Å²) >= 11 is 1.60. The first-order chi connectivity index (χ1) is 10.3. The molecule has 2 aromatic rings. The van der Waals surface area contributed by atoms with Gasteiger partial charge in [0.25, 0.3) is 5.91 Å². The van der Waals surface area contributed by atoms with E-state index in [-0.39, 0.29) is 19.1 Å². The number of benzene rings is 1. The summed E-state index contributed by atoms with van der Waals surface area (Å²) < 4.78 is 5.28. The van der Waals surface area contributed by atoms with E-state index in [1.807, 2.05) is 6.07 Å². The first-order valence-electron chi connectivity index (χ1n) is 7.03. The van der Waals surface area contributed by atoms with E-state index in [0.29, 0.717) is 5.75 Å². The van der Waals surface area contributed by atoms with Gasteiger partial charge in [-0.2, -0.15) is 0 Å². The third-order valence-electron chi connectivity index (χ3n) is 3.44. The van der Waals surface area contributed by atoms with E-state index in [1.165, 1.54) is 16.9 Å². The number of nitrogens with one attached hydrogen (secondary N) is 1. The summed E-state index contributed by atoms with van der Waals surface area (Å²) in [4.78, 5) is 14.3. The highest BCUT2D eigenvalue weighted by Gasteiger charge is 2.18. The van der Waals surface area contributed by atoms with Gasteiger partial charge >= 0.3 is 0 Å². The fourth-order valence-electron chi connectivity index (χ4n) is 2.43. The summed E-state index contributed by atoms with van der Waals surface area (Å²) in [5, 5.41) is 11.6. The Hall–Kier alpha value is -1.85. The summed E-state index contributed by atoms with van der Waals surface area (Å²) in [5.74, 6) is 0.621. The minimum Gasteiger partial charge on any atom is -0.491 e. The maximum absolute atomic E-state index is 12.2. The fraction of sp³-hybridized carbons (Fsp3) is 0.312. The van der Waals surface area contributed by atoms with Gasteiger partial charge in [-0.25, -0.2) is 0 Å². The Labute approximate surface area is 127 Å². The summed E-state index contributed by atoms with van der Waals surface area (Å²) in [6, 6.07) is 9.16. The predicted octanol–water partition coefficient (Wildman–Crippen LogP) is 2.86. The largest absolute Gasteiger partial charge is 0.491 e. The Morgan fingerprint density at radius 3 is 2.81 bits per heavy atom. The van der Waals surface area contributed by atoms with E-state index in [1.54, 1.807) is 35.6 Å². The molecule has 0 aliphatic heterocycles.